The lowest BCUT2D eigenvalue weighted by atomic mass is 10.2. The minimum atomic E-state index is 0.479. The van der Waals surface area contributed by atoms with Gasteiger partial charge in [0.1, 0.15) is 0 Å². The van der Waals surface area contributed by atoms with E-state index in [1.54, 1.807) is 18.3 Å². The van der Waals surface area contributed by atoms with Gasteiger partial charge < -0.3 is 14.8 Å². The lowest BCUT2D eigenvalue weighted by Gasteiger charge is -2.26. The van der Waals surface area contributed by atoms with Crippen molar-refractivity contribution in [2.24, 2.45) is 0 Å². The van der Waals surface area contributed by atoms with E-state index in [0.29, 0.717) is 21.7 Å². The zero-order valence-electron chi connectivity index (χ0n) is 15.0. The van der Waals surface area contributed by atoms with Crippen LogP contribution in [0, 0.1) is 0 Å². The van der Waals surface area contributed by atoms with Crippen LogP contribution in [0.25, 0.3) is 0 Å². The molecule has 28 heavy (non-hydrogen) atoms. The van der Waals surface area contributed by atoms with Crippen molar-refractivity contribution in [3.63, 3.8) is 0 Å². The van der Waals surface area contributed by atoms with E-state index in [2.05, 4.69) is 15.2 Å². The number of thiocarbonyl (C=S) groups is 1. The molecule has 4 nitrogen and oxygen atoms in total. The average Bonchev–Trinajstić information content (AvgIpc) is 3.19. The van der Waals surface area contributed by atoms with Crippen LogP contribution in [-0.4, -0.2) is 26.1 Å². The third-order valence-electron chi connectivity index (χ3n) is 4.18. The maximum Gasteiger partial charge on any atom is 0.173 e. The Morgan fingerprint density at radius 1 is 1.07 bits per heavy atom. The highest BCUT2D eigenvalue weighted by Crippen LogP contribution is 2.25. The molecule has 146 valence electrons. The minimum Gasteiger partial charge on any atom is -0.345 e. The van der Waals surface area contributed by atoms with E-state index in [1.165, 1.54) is 0 Å². The molecule has 3 rings (SSSR count). The minimum absolute atomic E-state index is 0.479. The Labute approximate surface area is 185 Å². The van der Waals surface area contributed by atoms with Crippen LogP contribution in [0.5, 0.6) is 0 Å². The van der Waals surface area contributed by atoms with E-state index in [-0.39, 0.29) is 0 Å². The Hall–Kier alpha value is -1.79. The zero-order chi connectivity index (χ0) is 19.9. The second-order valence-corrected chi connectivity index (χ2v) is 7.83. The summed E-state index contributed by atoms with van der Waals surface area (Å²) >= 11 is 24.1. The molecular formula is C20H19Cl3N4S. The van der Waals surface area contributed by atoms with Crippen molar-refractivity contribution in [3.8, 4) is 0 Å². The molecule has 8 heteroatoms. The Morgan fingerprint density at radius 2 is 1.89 bits per heavy atom. The molecule has 0 saturated heterocycles. The van der Waals surface area contributed by atoms with Crippen LogP contribution in [0.4, 0.5) is 5.69 Å². The van der Waals surface area contributed by atoms with Crippen LogP contribution in [0.2, 0.25) is 15.1 Å². The molecule has 0 unspecified atom stereocenters. The van der Waals surface area contributed by atoms with Crippen molar-refractivity contribution in [1.29, 1.82) is 0 Å². The molecular weight excluding hydrogens is 435 g/mol. The number of nitrogens with zero attached hydrogens (tertiary/aromatic N) is 3. The fraction of sp³-hybridized carbons (Fsp3) is 0.200. The van der Waals surface area contributed by atoms with Gasteiger partial charge in [0, 0.05) is 42.7 Å². The highest BCUT2D eigenvalue weighted by Gasteiger charge is 2.13. The van der Waals surface area contributed by atoms with E-state index < -0.39 is 0 Å². The van der Waals surface area contributed by atoms with Gasteiger partial charge in [0.2, 0.25) is 0 Å². The zero-order valence-corrected chi connectivity index (χ0v) is 18.1. The number of nitrogens with one attached hydrogen (secondary N) is 1. The van der Waals surface area contributed by atoms with Crippen molar-refractivity contribution in [2.45, 2.75) is 19.5 Å². The van der Waals surface area contributed by atoms with E-state index in [0.717, 1.165) is 35.8 Å². The third kappa shape index (κ3) is 5.85. The largest absolute Gasteiger partial charge is 0.345 e. The summed E-state index contributed by atoms with van der Waals surface area (Å²) in [5.74, 6) is 0. The molecule has 0 spiro atoms. The summed E-state index contributed by atoms with van der Waals surface area (Å²) in [4.78, 5) is 6.17. The first-order chi connectivity index (χ1) is 13.5. The summed E-state index contributed by atoms with van der Waals surface area (Å²) in [7, 11) is 0. The van der Waals surface area contributed by atoms with Crippen LogP contribution < -0.4 is 5.32 Å². The fourth-order valence-electron chi connectivity index (χ4n) is 2.72. The smallest absolute Gasteiger partial charge is 0.173 e. The van der Waals surface area contributed by atoms with Crippen LogP contribution in [0.15, 0.2) is 61.2 Å². The highest BCUT2D eigenvalue weighted by molar-refractivity contribution is 7.80. The summed E-state index contributed by atoms with van der Waals surface area (Å²) in [6.45, 7) is 2.22. The molecule has 0 aliphatic carbocycles. The molecule has 0 atom stereocenters. The van der Waals surface area contributed by atoms with E-state index in [9.17, 15) is 0 Å². The van der Waals surface area contributed by atoms with Gasteiger partial charge in [-0.3, -0.25) is 0 Å². The molecule has 0 amide bonds. The third-order valence-corrected chi connectivity index (χ3v) is 5.65. The quantitative estimate of drug-likeness (QED) is 0.436. The summed E-state index contributed by atoms with van der Waals surface area (Å²) in [5.41, 5.74) is 1.81. The van der Waals surface area contributed by atoms with Crippen molar-refractivity contribution >= 4 is 57.8 Å². The second kappa shape index (κ2) is 10.1. The summed E-state index contributed by atoms with van der Waals surface area (Å²) < 4.78 is 2.04. The monoisotopic (exact) mass is 452 g/mol. The number of rotatable bonds is 7. The molecule has 0 fully saturated rings. The number of halogens is 3. The maximum absolute atomic E-state index is 6.35. The van der Waals surface area contributed by atoms with Crippen LogP contribution >= 0.6 is 47.0 Å². The molecule has 1 N–H and O–H groups in total. The van der Waals surface area contributed by atoms with Crippen molar-refractivity contribution < 1.29 is 0 Å². The van der Waals surface area contributed by atoms with Gasteiger partial charge in [0.05, 0.1) is 16.4 Å². The van der Waals surface area contributed by atoms with Gasteiger partial charge >= 0.3 is 0 Å². The number of hydrogen-bond donors (Lipinski definition) is 1. The number of aromatic nitrogens is 2. The van der Waals surface area contributed by atoms with Gasteiger partial charge in [-0.1, -0.05) is 53.0 Å². The Morgan fingerprint density at radius 3 is 2.61 bits per heavy atom. The molecule has 0 radical (unpaired) electrons. The molecule has 1 heterocycles. The summed E-state index contributed by atoms with van der Waals surface area (Å²) in [5, 5.41) is 5.55. The standard InChI is InChI=1S/C20H19Cl3N4S/c21-17-5-2-1-4-15(17)13-27(10-3-9-26-11-8-24-14-26)20(28)25-16-6-7-18(22)19(23)12-16/h1-2,4-8,11-12,14H,3,9-10,13H2,(H,25,28). The topological polar surface area (TPSA) is 33.1 Å². The summed E-state index contributed by atoms with van der Waals surface area (Å²) in [6.07, 6.45) is 6.44. The number of anilines is 1. The van der Waals surface area contributed by atoms with Gasteiger partial charge in [-0.05, 0) is 48.5 Å². The summed E-state index contributed by atoms with van der Waals surface area (Å²) in [6, 6.07) is 13.1. The Balaban J connectivity index is 1.70. The number of aryl methyl sites for hydroxylation is 1. The van der Waals surface area contributed by atoms with Gasteiger partial charge in [-0.15, -0.1) is 0 Å². The van der Waals surface area contributed by atoms with Gasteiger partial charge in [-0.2, -0.15) is 0 Å². The number of hydrogen-bond acceptors (Lipinski definition) is 2. The highest BCUT2D eigenvalue weighted by atomic mass is 35.5. The second-order valence-electron chi connectivity index (χ2n) is 6.23. The van der Waals surface area contributed by atoms with Gasteiger partial charge in [-0.25, -0.2) is 4.98 Å². The fourth-order valence-corrected chi connectivity index (χ4v) is 3.49. The first-order valence-electron chi connectivity index (χ1n) is 8.73. The lowest BCUT2D eigenvalue weighted by Crippen LogP contribution is -2.35. The molecule has 2 aromatic carbocycles. The normalized spacial score (nSPS) is 10.7. The van der Waals surface area contributed by atoms with E-state index >= 15 is 0 Å². The van der Waals surface area contributed by atoms with Gasteiger partial charge in [0.15, 0.2) is 5.11 Å². The first-order valence-corrected chi connectivity index (χ1v) is 10.3. The van der Waals surface area contributed by atoms with Crippen molar-refractivity contribution in [2.75, 3.05) is 11.9 Å². The average molecular weight is 454 g/mol. The first kappa shape index (κ1) is 20.9. The molecule has 0 bridgehead atoms. The molecule has 1 aromatic heterocycles. The van der Waals surface area contributed by atoms with Crippen LogP contribution in [0.1, 0.15) is 12.0 Å². The Kier molecular flexibility index (Phi) is 7.57. The van der Waals surface area contributed by atoms with Crippen molar-refractivity contribution in [3.05, 3.63) is 81.8 Å². The number of benzene rings is 2. The van der Waals surface area contributed by atoms with Crippen LogP contribution in [-0.2, 0) is 13.1 Å². The molecule has 3 aromatic rings. The molecule has 0 aliphatic rings. The SMILES string of the molecule is S=C(Nc1ccc(Cl)c(Cl)c1)N(CCCn1ccnc1)Cc1ccccc1Cl. The predicted molar refractivity (Wildman–Crippen MR) is 121 cm³/mol. The van der Waals surface area contributed by atoms with Crippen molar-refractivity contribution in [1.82, 2.24) is 14.5 Å². The van der Waals surface area contributed by atoms with Gasteiger partial charge in [0.25, 0.3) is 0 Å². The maximum atomic E-state index is 6.35. The van der Waals surface area contributed by atoms with Crippen LogP contribution in [0.3, 0.4) is 0 Å². The number of imidazole rings is 1. The lowest BCUT2D eigenvalue weighted by molar-refractivity contribution is 0.396. The molecule has 0 saturated carbocycles. The van der Waals surface area contributed by atoms with E-state index in [4.69, 9.17) is 47.0 Å². The predicted octanol–water partition coefficient (Wildman–Crippen LogP) is 6.13. The molecule has 0 aliphatic heterocycles. The Bertz CT molecular complexity index is 931. The van der Waals surface area contributed by atoms with E-state index in [1.807, 2.05) is 47.4 Å².